The van der Waals surface area contributed by atoms with Crippen molar-refractivity contribution in [2.24, 2.45) is 0 Å². The maximum absolute atomic E-state index is 12.9. The Balaban J connectivity index is 1.72. The highest BCUT2D eigenvalue weighted by molar-refractivity contribution is 6.15. The molecule has 1 heterocycles. The van der Waals surface area contributed by atoms with Crippen LogP contribution in [0.3, 0.4) is 0 Å². The van der Waals surface area contributed by atoms with Gasteiger partial charge in [0.25, 0.3) is 5.79 Å². The van der Waals surface area contributed by atoms with Gasteiger partial charge < -0.3 is 19.5 Å². The summed E-state index contributed by atoms with van der Waals surface area (Å²) < 4.78 is 28.6. The molecule has 0 radical (unpaired) electrons. The lowest BCUT2D eigenvalue weighted by molar-refractivity contribution is -0.222. The van der Waals surface area contributed by atoms with Crippen LogP contribution in [-0.2, 0) is 19.1 Å². The minimum absolute atomic E-state index is 0.241. The zero-order chi connectivity index (χ0) is 18.7. The molecule has 1 fully saturated rings. The predicted molar refractivity (Wildman–Crippen MR) is 90.9 cm³/mol. The van der Waals surface area contributed by atoms with Crippen molar-refractivity contribution in [3.63, 3.8) is 0 Å². The number of ether oxygens (including phenoxy) is 3. The van der Waals surface area contributed by atoms with Crippen LogP contribution in [0, 0.1) is 5.82 Å². The monoisotopic (exact) mass is 357 g/mol. The van der Waals surface area contributed by atoms with Crippen LogP contribution in [0.25, 0.3) is 0 Å². The first kappa shape index (κ1) is 17.5. The van der Waals surface area contributed by atoms with Crippen molar-refractivity contribution in [3.05, 3.63) is 66.1 Å². The topological polar surface area (TPSA) is 73.9 Å². The normalized spacial score (nSPS) is 15.7. The number of hydrogen-bond donors (Lipinski definition) is 1. The van der Waals surface area contributed by atoms with Crippen molar-refractivity contribution in [1.29, 1.82) is 0 Å². The fourth-order valence-corrected chi connectivity index (χ4v) is 2.22. The number of carbonyl (C=O) groups is 2. The highest BCUT2D eigenvalue weighted by Gasteiger charge is 2.38. The van der Waals surface area contributed by atoms with Crippen molar-refractivity contribution in [2.75, 3.05) is 5.32 Å². The molecule has 134 valence electrons. The summed E-state index contributed by atoms with van der Waals surface area (Å²) in [6.07, 6.45) is 1.22. The lowest BCUT2D eigenvalue weighted by atomic mass is 10.2. The Bertz CT molecular complexity index is 852. The van der Waals surface area contributed by atoms with E-state index in [9.17, 15) is 14.0 Å². The van der Waals surface area contributed by atoms with E-state index in [0.29, 0.717) is 17.2 Å². The number of benzene rings is 2. The molecule has 2 aromatic rings. The van der Waals surface area contributed by atoms with E-state index in [4.69, 9.17) is 14.2 Å². The van der Waals surface area contributed by atoms with E-state index in [1.807, 2.05) is 0 Å². The molecule has 0 amide bonds. The zero-order valence-corrected chi connectivity index (χ0v) is 14.1. The largest absolute Gasteiger partial charge is 0.457 e. The van der Waals surface area contributed by atoms with Crippen molar-refractivity contribution in [3.8, 4) is 11.5 Å². The van der Waals surface area contributed by atoms with Crippen molar-refractivity contribution >= 4 is 17.6 Å². The van der Waals surface area contributed by atoms with Gasteiger partial charge in [0.1, 0.15) is 17.3 Å². The van der Waals surface area contributed by atoms with Gasteiger partial charge in [0.2, 0.25) is 0 Å². The molecule has 0 unspecified atom stereocenters. The third-order valence-corrected chi connectivity index (χ3v) is 3.38. The lowest BCUT2D eigenvalue weighted by Gasteiger charge is -2.29. The Morgan fingerprint density at radius 2 is 1.65 bits per heavy atom. The van der Waals surface area contributed by atoms with Crippen LogP contribution >= 0.6 is 0 Å². The molecule has 1 N–H and O–H groups in total. The minimum atomic E-state index is -1.28. The first-order valence-electron chi connectivity index (χ1n) is 7.79. The molecule has 0 bridgehead atoms. The van der Waals surface area contributed by atoms with Crippen molar-refractivity contribution in [2.45, 2.75) is 19.6 Å². The number of hydrogen-bond acceptors (Lipinski definition) is 6. The average Bonchev–Trinajstić information content (AvgIpc) is 2.55. The minimum Gasteiger partial charge on any atom is -0.457 e. The number of esters is 2. The first-order chi connectivity index (χ1) is 12.3. The molecule has 0 aliphatic carbocycles. The second-order valence-corrected chi connectivity index (χ2v) is 5.97. The van der Waals surface area contributed by atoms with Gasteiger partial charge in [-0.15, -0.1) is 0 Å². The summed E-state index contributed by atoms with van der Waals surface area (Å²) in [4.78, 5) is 23.8. The molecule has 26 heavy (non-hydrogen) atoms. The van der Waals surface area contributed by atoms with Crippen LogP contribution in [-0.4, -0.2) is 17.7 Å². The fraction of sp³-hybridized carbons (Fsp3) is 0.158. The van der Waals surface area contributed by atoms with Crippen LogP contribution in [0.4, 0.5) is 10.1 Å². The second-order valence-electron chi connectivity index (χ2n) is 5.97. The van der Waals surface area contributed by atoms with E-state index in [-0.39, 0.29) is 11.4 Å². The number of nitrogens with one attached hydrogen (secondary N) is 1. The highest BCUT2D eigenvalue weighted by Crippen LogP contribution is 2.26. The molecule has 3 rings (SSSR count). The molecular weight excluding hydrogens is 341 g/mol. The van der Waals surface area contributed by atoms with Gasteiger partial charge in [0.15, 0.2) is 5.57 Å². The number of rotatable bonds is 4. The number of carbonyl (C=O) groups excluding carboxylic acids is 2. The number of anilines is 1. The van der Waals surface area contributed by atoms with Gasteiger partial charge >= 0.3 is 11.9 Å². The van der Waals surface area contributed by atoms with Crippen molar-refractivity contribution in [1.82, 2.24) is 0 Å². The van der Waals surface area contributed by atoms with E-state index in [1.54, 1.807) is 24.3 Å². The molecule has 6 nitrogen and oxygen atoms in total. The van der Waals surface area contributed by atoms with Crippen LogP contribution < -0.4 is 10.1 Å². The smallest absolute Gasteiger partial charge is 0.350 e. The molecule has 2 aromatic carbocycles. The van der Waals surface area contributed by atoms with E-state index in [2.05, 4.69) is 5.32 Å². The fourth-order valence-electron chi connectivity index (χ4n) is 2.22. The van der Waals surface area contributed by atoms with Crippen LogP contribution in [0.1, 0.15) is 13.8 Å². The van der Waals surface area contributed by atoms with Gasteiger partial charge in [-0.1, -0.05) is 6.07 Å². The van der Waals surface area contributed by atoms with Gasteiger partial charge in [-0.05, 0) is 36.4 Å². The Kier molecular flexibility index (Phi) is 4.62. The summed E-state index contributed by atoms with van der Waals surface area (Å²) in [5.74, 6) is -2.20. The second kappa shape index (κ2) is 6.87. The summed E-state index contributed by atoms with van der Waals surface area (Å²) >= 11 is 0. The van der Waals surface area contributed by atoms with Gasteiger partial charge in [-0.25, -0.2) is 14.0 Å². The third-order valence-electron chi connectivity index (χ3n) is 3.38. The zero-order valence-electron chi connectivity index (χ0n) is 14.1. The lowest BCUT2D eigenvalue weighted by Crippen LogP contribution is -2.42. The number of cyclic esters (lactones) is 2. The SMILES string of the molecule is CC1(C)OC(=O)C(=CNc2cccc(Oc3ccc(F)cc3)c2)C(=O)O1. The molecule has 0 saturated carbocycles. The maximum atomic E-state index is 12.9. The molecular formula is C19H16FNO5. The highest BCUT2D eigenvalue weighted by atomic mass is 19.1. The van der Waals surface area contributed by atoms with Crippen LogP contribution in [0.15, 0.2) is 60.3 Å². The van der Waals surface area contributed by atoms with Gasteiger partial charge in [0, 0.05) is 31.8 Å². The van der Waals surface area contributed by atoms with E-state index in [0.717, 1.165) is 0 Å². The summed E-state index contributed by atoms with van der Waals surface area (Å²) in [5, 5.41) is 2.83. The van der Waals surface area contributed by atoms with E-state index < -0.39 is 17.7 Å². The Labute approximate surface area is 149 Å². The molecule has 1 aliphatic rings. The maximum Gasteiger partial charge on any atom is 0.350 e. The summed E-state index contributed by atoms with van der Waals surface area (Å²) in [7, 11) is 0. The summed E-state index contributed by atoms with van der Waals surface area (Å²) in [6.45, 7) is 2.95. The Morgan fingerprint density at radius 3 is 2.31 bits per heavy atom. The molecule has 0 spiro atoms. The van der Waals surface area contributed by atoms with E-state index in [1.165, 1.54) is 44.3 Å². The number of halogens is 1. The van der Waals surface area contributed by atoms with Crippen LogP contribution in [0.2, 0.25) is 0 Å². The van der Waals surface area contributed by atoms with Crippen LogP contribution in [0.5, 0.6) is 11.5 Å². The average molecular weight is 357 g/mol. The summed E-state index contributed by atoms with van der Waals surface area (Å²) in [5.41, 5.74) is 0.330. The third kappa shape index (κ3) is 4.18. The predicted octanol–water partition coefficient (Wildman–Crippen LogP) is 3.75. The molecule has 7 heteroatoms. The van der Waals surface area contributed by atoms with Gasteiger partial charge in [-0.3, -0.25) is 0 Å². The Morgan fingerprint density at radius 1 is 1.00 bits per heavy atom. The standard InChI is InChI=1S/C19H16FNO5/c1-19(2)25-17(22)16(18(23)26-19)11-21-13-4-3-5-15(10-13)24-14-8-6-12(20)7-9-14/h3-11,21H,1-2H3. The quantitative estimate of drug-likeness (QED) is 0.510. The van der Waals surface area contributed by atoms with Crippen molar-refractivity contribution < 1.29 is 28.2 Å². The molecule has 0 atom stereocenters. The molecule has 0 aromatic heterocycles. The van der Waals surface area contributed by atoms with Gasteiger partial charge in [0.05, 0.1) is 0 Å². The molecule has 1 aliphatic heterocycles. The van der Waals surface area contributed by atoms with E-state index >= 15 is 0 Å². The van der Waals surface area contributed by atoms with Gasteiger partial charge in [-0.2, -0.15) is 0 Å². The first-order valence-corrected chi connectivity index (χ1v) is 7.79. The Hall–Kier alpha value is -3.35. The molecule has 1 saturated heterocycles. The summed E-state index contributed by atoms with van der Waals surface area (Å²) in [6, 6.07) is 12.4.